The lowest BCUT2D eigenvalue weighted by molar-refractivity contribution is -0.274. The molecule has 7 nitrogen and oxygen atoms in total. The molecule has 0 spiro atoms. The number of alkyl halides is 3. The number of aryl methyl sites for hydroxylation is 2. The first-order valence-electron chi connectivity index (χ1n) is 12.7. The largest absolute Gasteiger partial charge is 0.573 e. The van der Waals surface area contributed by atoms with Crippen LogP contribution in [0.25, 0.3) is 17.1 Å². The highest BCUT2D eigenvalue weighted by atomic mass is 32.2. The zero-order chi connectivity index (χ0) is 28.1. The molecule has 11 heteroatoms. The van der Waals surface area contributed by atoms with Crippen molar-refractivity contribution in [3.63, 3.8) is 0 Å². The summed E-state index contributed by atoms with van der Waals surface area (Å²) in [5, 5.41) is 14.3. The number of halogens is 3. The van der Waals surface area contributed by atoms with Gasteiger partial charge in [-0.2, -0.15) is 5.10 Å². The average Bonchev–Trinajstić information content (AvgIpc) is 3.30. The fraction of sp³-hybridized carbons (Fsp3) is 0.241. The first-order valence-corrected chi connectivity index (χ1v) is 13.7. The Morgan fingerprint density at radius 2 is 1.68 bits per heavy atom. The van der Waals surface area contributed by atoms with Crippen molar-refractivity contribution in [1.82, 2.24) is 14.8 Å². The minimum absolute atomic E-state index is 0.297. The number of nitrogens with zero attached hydrogens (tertiary/aromatic N) is 6. The van der Waals surface area contributed by atoms with Crippen molar-refractivity contribution in [2.45, 2.75) is 33.1 Å². The van der Waals surface area contributed by atoms with E-state index in [0.717, 1.165) is 41.4 Å². The lowest BCUT2D eigenvalue weighted by Gasteiger charge is -2.26. The Labute approximate surface area is 234 Å². The van der Waals surface area contributed by atoms with Crippen LogP contribution in [0.3, 0.4) is 0 Å². The van der Waals surface area contributed by atoms with Crippen molar-refractivity contribution in [3.8, 4) is 22.8 Å². The van der Waals surface area contributed by atoms with Gasteiger partial charge in [0.05, 0.1) is 11.9 Å². The van der Waals surface area contributed by atoms with Crippen molar-refractivity contribution in [3.05, 3.63) is 89.7 Å². The van der Waals surface area contributed by atoms with E-state index < -0.39 is 6.36 Å². The van der Waals surface area contributed by atoms with Crippen molar-refractivity contribution >= 4 is 28.8 Å². The molecule has 0 saturated carbocycles. The van der Waals surface area contributed by atoms with E-state index in [1.54, 1.807) is 18.0 Å². The van der Waals surface area contributed by atoms with E-state index in [0.29, 0.717) is 11.5 Å². The Bertz CT molecular complexity index is 1490. The lowest BCUT2D eigenvalue weighted by atomic mass is 10.1. The van der Waals surface area contributed by atoms with Crippen LogP contribution in [0.15, 0.2) is 83.3 Å². The predicted octanol–water partition coefficient (Wildman–Crippen LogP) is 7.17. The topological polar surface area (TPSA) is 67.9 Å². The van der Waals surface area contributed by atoms with Crippen molar-refractivity contribution in [1.29, 1.82) is 0 Å². The molecule has 5 rings (SSSR count). The summed E-state index contributed by atoms with van der Waals surface area (Å²) in [5.74, 6) is 1.20. The predicted molar refractivity (Wildman–Crippen MR) is 153 cm³/mol. The number of amidine groups is 1. The van der Waals surface area contributed by atoms with E-state index in [4.69, 9.17) is 0 Å². The van der Waals surface area contributed by atoms with Crippen LogP contribution in [0.2, 0.25) is 0 Å². The Morgan fingerprint density at radius 3 is 2.38 bits per heavy atom. The second kappa shape index (κ2) is 12.0. The summed E-state index contributed by atoms with van der Waals surface area (Å²) < 4.78 is 42.6. The third kappa shape index (κ3) is 6.71. The highest BCUT2D eigenvalue weighted by molar-refractivity contribution is 8.14. The minimum Gasteiger partial charge on any atom is -0.406 e. The zero-order valence-electron chi connectivity index (χ0n) is 22.0. The molecule has 1 aromatic heterocycles. The van der Waals surface area contributed by atoms with Crippen molar-refractivity contribution in [2.24, 2.45) is 10.2 Å². The summed E-state index contributed by atoms with van der Waals surface area (Å²) in [5.41, 5.74) is 5.87. The fourth-order valence-electron chi connectivity index (χ4n) is 4.41. The van der Waals surface area contributed by atoms with Gasteiger partial charge in [0.15, 0.2) is 11.0 Å². The third-order valence-electron chi connectivity index (χ3n) is 6.29. The number of ether oxygens (including phenoxy) is 1. The van der Waals surface area contributed by atoms with Gasteiger partial charge in [0.2, 0.25) is 0 Å². The number of hydrogen-bond donors (Lipinski definition) is 0. The van der Waals surface area contributed by atoms with E-state index >= 15 is 0 Å². The SMILES string of the molecule is Cc1cccc(C)c1N1CCCCS/C1=N\N=C\c1ccc(-c2ncn(-c3ccc(OC(F)(F)F)cc3)n2)cc1. The fourth-order valence-corrected chi connectivity index (χ4v) is 5.39. The molecule has 0 aliphatic carbocycles. The molecule has 1 aliphatic heterocycles. The molecular formula is C29H27F3N6OS. The summed E-state index contributed by atoms with van der Waals surface area (Å²) in [6.07, 6.45) is 0.736. The van der Waals surface area contributed by atoms with Crippen LogP contribution in [0.1, 0.15) is 29.5 Å². The second-order valence-electron chi connectivity index (χ2n) is 9.25. The number of anilines is 1. The first kappa shape index (κ1) is 27.4. The Hall–Kier alpha value is -4.12. The number of benzene rings is 3. The van der Waals surface area contributed by atoms with Crippen LogP contribution in [0.4, 0.5) is 18.9 Å². The van der Waals surface area contributed by atoms with Crippen LogP contribution < -0.4 is 9.64 Å². The maximum absolute atomic E-state index is 12.4. The highest BCUT2D eigenvalue weighted by Crippen LogP contribution is 2.30. The standard InChI is InChI=1S/C29H27F3N6OS/c1-20-6-5-7-21(2)26(20)37-16-3-4-17-40-28(37)35-34-18-22-8-10-23(11-9-22)27-33-19-38(36-27)24-12-14-25(15-13-24)39-29(30,31)32/h5-15,18-19H,3-4,16-17H2,1-2H3/b34-18+,35-28-. The molecule has 1 fully saturated rings. The summed E-state index contributed by atoms with van der Waals surface area (Å²) in [7, 11) is 0. The van der Waals surface area contributed by atoms with Crippen molar-refractivity contribution < 1.29 is 17.9 Å². The van der Waals surface area contributed by atoms with Gasteiger partial charge in [0.1, 0.15) is 12.1 Å². The van der Waals surface area contributed by atoms with Gasteiger partial charge in [-0.3, -0.25) is 0 Å². The molecule has 4 aromatic rings. The molecular weight excluding hydrogens is 537 g/mol. The minimum atomic E-state index is -4.74. The lowest BCUT2D eigenvalue weighted by Crippen LogP contribution is -2.29. The van der Waals surface area contributed by atoms with E-state index in [1.807, 2.05) is 24.3 Å². The van der Waals surface area contributed by atoms with Gasteiger partial charge in [-0.1, -0.05) is 54.2 Å². The Morgan fingerprint density at radius 1 is 0.950 bits per heavy atom. The molecule has 0 bridgehead atoms. The Kier molecular flexibility index (Phi) is 8.20. The van der Waals surface area contributed by atoms with Gasteiger partial charge in [0, 0.05) is 23.5 Å². The van der Waals surface area contributed by atoms with Gasteiger partial charge in [-0.05, 0) is 67.6 Å². The van der Waals surface area contributed by atoms with Crippen LogP contribution in [0.5, 0.6) is 5.75 Å². The molecule has 40 heavy (non-hydrogen) atoms. The number of rotatable bonds is 6. The monoisotopic (exact) mass is 564 g/mol. The maximum Gasteiger partial charge on any atom is 0.573 e. The van der Waals surface area contributed by atoms with Gasteiger partial charge >= 0.3 is 6.36 Å². The summed E-state index contributed by atoms with van der Waals surface area (Å²) >= 11 is 1.73. The molecule has 206 valence electrons. The van der Waals surface area contributed by atoms with E-state index in [1.165, 1.54) is 52.1 Å². The smallest absolute Gasteiger partial charge is 0.406 e. The van der Waals surface area contributed by atoms with Gasteiger partial charge < -0.3 is 9.64 Å². The number of hydrogen-bond acceptors (Lipinski definition) is 6. The molecule has 0 radical (unpaired) electrons. The van der Waals surface area contributed by atoms with Crippen LogP contribution >= 0.6 is 11.8 Å². The first-order chi connectivity index (χ1) is 19.3. The number of aromatic nitrogens is 3. The van der Waals surface area contributed by atoms with Crippen LogP contribution in [-0.2, 0) is 0 Å². The normalized spacial score (nSPS) is 15.5. The van der Waals surface area contributed by atoms with Crippen LogP contribution in [0, 0.1) is 13.8 Å². The summed E-state index contributed by atoms with van der Waals surface area (Å²) in [6.45, 7) is 5.16. The van der Waals surface area contributed by atoms with Gasteiger partial charge in [0.25, 0.3) is 0 Å². The molecule has 0 unspecified atom stereocenters. The zero-order valence-corrected chi connectivity index (χ0v) is 22.8. The van der Waals surface area contributed by atoms with E-state index in [-0.39, 0.29) is 5.75 Å². The van der Waals surface area contributed by atoms with Crippen LogP contribution in [-0.4, -0.2) is 44.8 Å². The van der Waals surface area contributed by atoms with E-state index in [2.05, 4.69) is 62.0 Å². The summed E-state index contributed by atoms with van der Waals surface area (Å²) in [4.78, 5) is 6.61. The van der Waals surface area contributed by atoms with Crippen molar-refractivity contribution in [2.75, 3.05) is 17.2 Å². The average molecular weight is 565 g/mol. The van der Waals surface area contributed by atoms with E-state index in [9.17, 15) is 13.2 Å². The molecule has 2 heterocycles. The molecule has 0 atom stereocenters. The molecule has 1 aliphatic rings. The van der Waals surface area contributed by atoms with Gasteiger partial charge in [-0.25, -0.2) is 9.67 Å². The number of para-hydroxylation sites is 1. The molecule has 3 aromatic carbocycles. The molecule has 0 N–H and O–H groups in total. The molecule has 1 saturated heterocycles. The molecule has 0 amide bonds. The second-order valence-corrected chi connectivity index (χ2v) is 10.3. The maximum atomic E-state index is 12.4. The third-order valence-corrected chi connectivity index (χ3v) is 7.35. The number of thioether (sulfide) groups is 1. The highest BCUT2D eigenvalue weighted by Gasteiger charge is 2.31. The Balaban J connectivity index is 1.28. The summed E-state index contributed by atoms with van der Waals surface area (Å²) in [6, 6.07) is 19.3. The quantitative estimate of drug-likeness (QED) is 0.183. The van der Waals surface area contributed by atoms with Gasteiger partial charge in [-0.15, -0.1) is 23.4 Å².